The molecule has 0 aliphatic heterocycles. The van der Waals surface area contributed by atoms with E-state index in [9.17, 15) is 4.79 Å². The summed E-state index contributed by atoms with van der Waals surface area (Å²) >= 11 is 0. The van der Waals surface area contributed by atoms with Crippen molar-refractivity contribution in [2.24, 2.45) is 10.4 Å². The highest BCUT2D eigenvalue weighted by atomic mass is 16.2. The molecule has 0 rings (SSSR count). The number of hydrogen-bond acceptors (Lipinski definition) is 2. The van der Waals surface area contributed by atoms with Crippen LogP contribution in [-0.4, -0.2) is 18.7 Å². The van der Waals surface area contributed by atoms with E-state index in [1.165, 1.54) is 0 Å². The summed E-state index contributed by atoms with van der Waals surface area (Å²) in [4.78, 5) is 16.4. The van der Waals surface area contributed by atoms with Gasteiger partial charge in [0.25, 0.3) is 0 Å². The summed E-state index contributed by atoms with van der Waals surface area (Å²) < 4.78 is 0. The highest BCUT2D eigenvalue weighted by molar-refractivity contribution is 5.96. The van der Waals surface area contributed by atoms with E-state index in [1.54, 1.807) is 13.1 Å². The maximum Gasteiger partial charge on any atom is 0.229 e. The first kappa shape index (κ1) is 25.8. The van der Waals surface area contributed by atoms with Crippen LogP contribution in [0.25, 0.3) is 0 Å². The minimum Gasteiger partial charge on any atom is -0.326 e. The van der Waals surface area contributed by atoms with Crippen molar-refractivity contribution in [2.75, 3.05) is 7.05 Å². The first-order chi connectivity index (χ1) is 12.0. The molecule has 3 heteroatoms. The number of aliphatic imine (C=N–C) groups is 1. The van der Waals surface area contributed by atoms with E-state index in [4.69, 9.17) is 0 Å². The Labute approximate surface area is 160 Å². The van der Waals surface area contributed by atoms with Crippen LogP contribution in [0.5, 0.6) is 0 Å². The van der Waals surface area contributed by atoms with Crippen molar-refractivity contribution >= 4 is 11.6 Å². The molecular weight excluding hydrogens is 320 g/mol. The fourth-order valence-corrected chi connectivity index (χ4v) is 1.81. The maximum atomic E-state index is 12.2. The Hall–Kier alpha value is -2.42. The molecule has 0 saturated carbocycles. The molecule has 0 aromatic carbocycles. The smallest absolute Gasteiger partial charge is 0.229 e. The zero-order valence-electron chi connectivity index (χ0n) is 17.7. The molecule has 0 fully saturated rings. The Morgan fingerprint density at radius 3 is 2.04 bits per heavy atom. The van der Waals surface area contributed by atoms with Crippen LogP contribution in [0, 0.1) is 5.41 Å². The van der Waals surface area contributed by atoms with Gasteiger partial charge < -0.3 is 5.32 Å². The molecule has 0 bridgehead atoms. The standard InChI is InChI=1S/C21H32N2O.C2H4/c1-10-18(22-9)13-16(5)12-17(15(3)4)14-19(11-2)23-20(24)21(6,7)8;1-2/h10-12,14H,1,3,13H2,2,4-9H3,(H,23,24);1-2H2/b16-12+,17-14-,19-11+,22-18?;. The average molecular weight is 357 g/mol. The van der Waals surface area contributed by atoms with E-state index in [0.29, 0.717) is 0 Å². The topological polar surface area (TPSA) is 41.5 Å². The van der Waals surface area contributed by atoms with Gasteiger partial charge in [-0.2, -0.15) is 0 Å². The van der Waals surface area contributed by atoms with Gasteiger partial charge in [-0.1, -0.05) is 57.2 Å². The molecule has 0 aliphatic carbocycles. The number of hydrogen-bond donors (Lipinski definition) is 1. The minimum absolute atomic E-state index is 0.0133. The van der Waals surface area contributed by atoms with Gasteiger partial charge in [0.1, 0.15) is 0 Å². The lowest BCUT2D eigenvalue weighted by Gasteiger charge is -2.18. The van der Waals surface area contributed by atoms with E-state index < -0.39 is 5.41 Å². The summed E-state index contributed by atoms with van der Waals surface area (Å²) in [5.41, 5.74) is 4.35. The fourth-order valence-electron chi connectivity index (χ4n) is 1.81. The molecule has 144 valence electrons. The molecule has 1 amide bonds. The van der Waals surface area contributed by atoms with Gasteiger partial charge in [-0.25, -0.2) is 0 Å². The molecule has 0 unspecified atom stereocenters. The third-order valence-electron chi connectivity index (χ3n) is 3.44. The van der Waals surface area contributed by atoms with Crippen molar-refractivity contribution in [3.8, 4) is 0 Å². The summed E-state index contributed by atoms with van der Waals surface area (Å²) in [6.07, 6.45) is 8.42. The first-order valence-corrected chi connectivity index (χ1v) is 8.65. The molecule has 0 heterocycles. The molecule has 26 heavy (non-hydrogen) atoms. The number of carbonyl (C=O) groups is 1. The van der Waals surface area contributed by atoms with E-state index in [-0.39, 0.29) is 5.91 Å². The van der Waals surface area contributed by atoms with Gasteiger partial charge in [0.05, 0.1) is 0 Å². The van der Waals surface area contributed by atoms with Gasteiger partial charge in [0, 0.05) is 30.3 Å². The van der Waals surface area contributed by atoms with Crippen LogP contribution < -0.4 is 5.32 Å². The Morgan fingerprint density at radius 2 is 1.69 bits per heavy atom. The molecule has 0 aromatic rings. The zero-order valence-corrected chi connectivity index (χ0v) is 17.7. The monoisotopic (exact) mass is 356 g/mol. The van der Waals surface area contributed by atoms with Crippen LogP contribution in [0.1, 0.15) is 48.0 Å². The number of allylic oxidation sites excluding steroid dienone is 7. The van der Waals surface area contributed by atoms with Crippen LogP contribution in [0.15, 0.2) is 78.0 Å². The second-order valence-electron chi connectivity index (χ2n) is 6.91. The Bertz CT molecular complexity index is 623. The SMILES string of the molecule is C=C.C=CC(C/C(C)=C/C(=C/C(=C\C)NC(=O)C(C)(C)C)C(=C)C)=NC. The Kier molecular flexibility index (Phi) is 12.8. The van der Waals surface area contributed by atoms with Crippen molar-refractivity contribution in [2.45, 2.75) is 48.0 Å². The number of nitrogens with one attached hydrogen (secondary N) is 1. The van der Waals surface area contributed by atoms with Gasteiger partial charge in [0.2, 0.25) is 5.91 Å². The van der Waals surface area contributed by atoms with Gasteiger partial charge in [-0.15, -0.1) is 13.2 Å². The number of carbonyl (C=O) groups excluding carboxylic acids is 1. The highest BCUT2D eigenvalue weighted by Gasteiger charge is 2.21. The summed E-state index contributed by atoms with van der Waals surface area (Å²) in [6, 6.07) is 0. The molecule has 0 radical (unpaired) electrons. The van der Waals surface area contributed by atoms with Crippen molar-refractivity contribution in [1.82, 2.24) is 5.32 Å². The van der Waals surface area contributed by atoms with Crippen LogP contribution in [0.3, 0.4) is 0 Å². The van der Waals surface area contributed by atoms with E-state index in [0.717, 1.165) is 34.5 Å². The highest BCUT2D eigenvalue weighted by Crippen LogP contribution is 2.18. The number of amides is 1. The molecule has 3 nitrogen and oxygen atoms in total. The van der Waals surface area contributed by atoms with Crippen molar-refractivity contribution < 1.29 is 4.79 Å². The number of nitrogens with zero attached hydrogens (tertiary/aromatic N) is 1. The largest absolute Gasteiger partial charge is 0.326 e. The van der Waals surface area contributed by atoms with E-state index in [1.807, 2.05) is 46.8 Å². The molecule has 1 N–H and O–H groups in total. The lowest BCUT2D eigenvalue weighted by molar-refractivity contribution is -0.127. The van der Waals surface area contributed by atoms with Crippen molar-refractivity contribution in [3.63, 3.8) is 0 Å². The lowest BCUT2D eigenvalue weighted by Crippen LogP contribution is -2.33. The second kappa shape index (κ2) is 12.9. The van der Waals surface area contributed by atoms with Crippen LogP contribution in [-0.2, 0) is 4.79 Å². The molecule has 0 aromatic heterocycles. The van der Waals surface area contributed by atoms with E-state index in [2.05, 4.69) is 49.6 Å². The maximum absolute atomic E-state index is 12.2. The Morgan fingerprint density at radius 1 is 1.15 bits per heavy atom. The number of rotatable bonds is 7. The van der Waals surface area contributed by atoms with E-state index >= 15 is 0 Å². The predicted molar refractivity (Wildman–Crippen MR) is 117 cm³/mol. The fraction of sp³-hybridized carbons (Fsp3) is 0.391. The van der Waals surface area contributed by atoms with Crippen LogP contribution in [0.4, 0.5) is 0 Å². The quantitative estimate of drug-likeness (QED) is 0.342. The van der Waals surface area contributed by atoms with Crippen molar-refractivity contribution in [1.29, 1.82) is 0 Å². The van der Waals surface area contributed by atoms with Gasteiger partial charge >= 0.3 is 0 Å². The third-order valence-corrected chi connectivity index (χ3v) is 3.44. The Balaban J connectivity index is 0. The molecular formula is C23H36N2O. The first-order valence-electron chi connectivity index (χ1n) is 8.65. The molecule has 0 atom stereocenters. The van der Waals surface area contributed by atoms with Crippen LogP contribution in [0.2, 0.25) is 0 Å². The predicted octanol–water partition coefficient (Wildman–Crippen LogP) is 5.95. The minimum atomic E-state index is -0.437. The van der Waals surface area contributed by atoms with Crippen LogP contribution >= 0.6 is 0 Å². The van der Waals surface area contributed by atoms with Gasteiger partial charge in [-0.3, -0.25) is 9.79 Å². The second-order valence-corrected chi connectivity index (χ2v) is 6.91. The van der Waals surface area contributed by atoms with Gasteiger partial charge in [0.15, 0.2) is 0 Å². The summed E-state index contributed by atoms with van der Waals surface area (Å²) in [7, 11) is 1.76. The molecule has 0 saturated heterocycles. The molecule has 0 aliphatic rings. The van der Waals surface area contributed by atoms with Crippen molar-refractivity contribution in [3.05, 3.63) is 73.0 Å². The zero-order chi connectivity index (χ0) is 20.9. The van der Waals surface area contributed by atoms with Gasteiger partial charge in [-0.05, 0) is 38.5 Å². The summed E-state index contributed by atoms with van der Waals surface area (Å²) in [6.45, 7) is 25.4. The molecule has 0 spiro atoms. The lowest BCUT2D eigenvalue weighted by atomic mass is 9.95. The average Bonchev–Trinajstić information content (AvgIpc) is 2.58. The third kappa shape index (κ3) is 10.4. The normalized spacial score (nSPS) is 13.5. The summed E-state index contributed by atoms with van der Waals surface area (Å²) in [5.74, 6) is -0.0133. The summed E-state index contributed by atoms with van der Waals surface area (Å²) in [5, 5.41) is 2.96.